The van der Waals surface area contributed by atoms with E-state index in [0.29, 0.717) is 16.6 Å². The number of hydrogen-bond donors (Lipinski definition) is 3. The number of benzene rings is 2. The Hall–Kier alpha value is -2.47. The van der Waals surface area contributed by atoms with Crippen molar-refractivity contribution in [1.29, 1.82) is 0 Å². The van der Waals surface area contributed by atoms with Crippen LogP contribution in [0.1, 0.15) is 17.2 Å². The van der Waals surface area contributed by atoms with E-state index in [1.807, 2.05) is 0 Å². The number of imidazole rings is 1. The number of rotatable bonds is 2. The van der Waals surface area contributed by atoms with Crippen LogP contribution in [0.4, 0.5) is 8.78 Å². The Morgan fingerprint density at radius 3 is 2.30 bits per heavy atom. The second kappa shape index (κ2) is 4.57. The van der Waals surface area contributed by atoms with Gasteiger partial charge in [-0.15, -0.1) is 0 Å². The van der Waals surface area contributed by atoms with Crippen molar-refractivity contribution in [2.45, 2.75) is 6.10 Å². The topological polar surface area (TPSA) is 68.9 Å². The van der Waals surface area contributed by atoms with Gasteiger partial charge in [-0.2, -0.15) is 0 Å². The Labute approximate surface area is 111 Å². The summed E-state index contributed by atoms with van der Waals surface area (Å²) in [6, 6.07) is 8.05. The van der Waals surface area contributed by atoms with E-state index in [0.717, 1.165) is 12.1 Å². The number of aliphatic hydroxyl groups excluding tert-OH is 1. The minimum Gasteiger partial charge on any atom is -0.384 e. The molecule has 0 aliphatic heterocycles. The van der Waals surface area contributed by atoms with Gasteiger partial charge in [0.05, 0.1) is 11.0 Å². The molecule has 0 saturated heterocycles. The van der Waals surface area contributed by atoms with Crippen LogP contribution >= 0.6 is 0 Å². The molecule has 1 aromatic heterocycles. The van der Waals surface area contributed by atoms with Gasteiger partial charge in [-0.25, -0.2) is 13.6 Å². The zero-order valence-electron chi connectivity index (χ0n) is 10.2. The first kappa shape index (κ1) is 12.6. The highest BCUT2D eigenvalue weighted by molar-refractivity contribution is 5.75. The molecule has 3 N–H and O–H groups in total. The summed E-state index contributed by atoms with van der Waals surface area (Å²) in [5.74, 6) is -1.98. The number of aromatic nitrogens is 2. The zero-order chi connectivity index (χ0) is 14.3. The normalized spacial score (nSPS) is 12.8. The number of H-pyrrole nitrogens is 2. The van der Waals surface area contributed by atoms with Crippen LogP contribution in [0.3, 0.4) is 0 Å². The molecular formula is C14H10F2N2O2. The number of nitrogens with one attached hydrogen (secondary N) is 2. The third-order valence-corrected chi connectivity index (χ3v) is 3.12. The molecular weight excluding hydrogens is 266 g/mol. The molecule has 3 aromatic rings. The fraction of sp³-hybridized carbons (Fsp3) is 0.0714. The SMILES string of the molecule is O=c1[nH]c2ccc(C(O)c3ccc(F)c(F)c3)cc2[nH]1. The maximum atomic E-state index is 13.2. The second-order valence-electron chi connectivity index (χ2n) is 4.46. The van der Waals surface area contributed by atoms with Gasteiger partial charge in [0.1, 0.15) is 6.10 Å². The fourth-order valence-corrected chi connectivity index (χ4v) is 2.10. The van der Waals surface area contributed by atoms with Crippen molar-refractivity contribution in [3.05, 3.63) is 69.6 Å². The van der Waals surface area contributed by atoms with Gasteiger partial charge in [-0.05, 0) is 35.4 Å². The minimum absolute atomic E-state index is 0.237. The molecule has 0 bridgehead atoms. The van der Waals surface area contributed by atoms with Crippen LogP contribution in [0, 0.1) is 11.6 Å². The summed E-state index contributed by atoms with van der Waals surface area (Å²) in [6.45, 7) is 0. The van der Waals surface area contributed by atoms with E-state index in [4.69, 9.17) is 0 Å². The smallest absolute Gasteiger partial charge is 0.323 e. The first-order valence-corrected chi connectivity index (χ1v) is 5.89. The van der Waals surface area contributed by atoms with Crippen LogP contribution in [0.2, 0.25) is 0 Å². The number of fused-ring (bicyclic) bond motifs is 1. The number of hydrogen-bond acceptors (Lipinski definition) is 2. The van der Waals surface area contributed by atoms with E-state index in [2.05, 4.69) is 9.97 Å². The summed E-state index contributed by atoms with van der Waals surface area (Å²) in [5.41, 5.74) is 1.50. The monoisotopic (exact) mass is 276 g/mol. The summed E-state index contributed by atoms with van der Waals surface area (Å²) in [5, 5.41) is 10.2. The lowest BCUT2D eigenvalue weighted by Gasteiger charge is -2.11. The van der Waals surface area contributed by atoms with Gasteiger partial charge in [-0.3, -0.25) is 0 Å². The Bertz CT molecular complexity index is 839. The predicted molar refractivity (Wildman–Crippen MR) is 69.3 cm³/mol. The molecule has 4 nitrogen and oxygen atoms in total. The van der Waals surface area contributed by atoms with Gasteiger partial charge in [-0.1, -0.05) is 12.1 Å². The van der Waals surface area contributed by atoms with Crippen molar-refractivity contribution in [1.82, 2.24) is 9.97 Å². The first-order valence-electron chi connectivity index (χ1n) is 5.89. The van der Waals surface area contributed by atoms with Crippen LogP contribution in [0.5, 0.6) is 0 Å². The van der Waals surface area contributed by atoms with Gasteiger partial charge in [0, 0.05) is 0 Å². The first-order chi connectivity index (χ1) is 9.54. The van der Waals surface area contributed by atoms with Gasteiger partial charge in [0.2, 0.25) is 0 Å². The Balaban J connectivity index is 2.04. The molecule has 0 spiro atoms. The average molecular weight is 276 g/mol. The molecule has 1 atom stereocenters. The van der Waals surface area contributed by atoms with Crippen LogP contribution in [-0.2, 0) is 0 Å². The summed E-state index contributed by atoms with van der Waals surface area (Å²) >= 11 is 0. The molecule has 0 amide bonds. The summed E-state index contributed by atoms with van der Waals surface area (Å²) in [4.78, 5) is 16.3. The molecule has 6 heteroatoms. The maximum absolute atomic E-state index is 13.2. The molecule has 1 heterocycles. The van der Waals surface area contributed by atoms with Crippen molar-refractivity contribution in [2.24, 2.45) is 0 Å². The fourth-order valence-electron chi connectivity index (χ4n) is 2.10. The largest absolute Gasteiger partial charge is 0.384 e. The highest BCUT2D eigenvalue weighted by atomic mass is 19.2. The minimum atomic E-state index is -1.10. The summed E-state index contributed by atoms with van der Waals surface area (Å²) < 4.78 is 26.0. The zero-order valence-corrected chi connectivity index (χ0v) is 10.2. The highest BCUT2D eigenvalue weighted by Crippen LogP contribution is 2.25. The van der Waals surface area contributed by atoms with E-state index in [1.165, 1.54) is 6.07 Å². The summed E-state index contributed by atoms with van der Waals surface area (Å²) in [6.07, 6.45) is -1.10. The van der Waals surface area contributed by atoms with E-state index >= 15 is 0 Å². The van der Waals surface area contributed by atoms with Crippen molar-refractivity contribution in [2.75, 3.05) is 0 Å². The predicted octanol–water partition coefficient (Wildman–Crippen LogP) is 2.22. The third kappa shape index (κ3) is 2.10. The lowest BCUT2D eigenvalue weighted by atomic mass is 10.0. The van der Waals surface area contributed by atoms with Crippen LogP contribution in [0.25, 0.3) is 11.0 Å². The molecule has 0 fully saturated rings. The molecule has 2 aromatic carbocycles. The van der Waals surface area contributed by atoms with Crippen molar-refractivity contribution >= 4 is 11.0 Å². The molecule has 0 aliphatic carbocycles. The van der Waals surface area contributed by atoms with E-state index < -0.39 is 17.7 Å². The van der Waals surface area contributed by atoms with E-state index in [9.17, 15) is 18.7 Å². The van der Waals surface area contributed by atoms with Gasteiger partial charge in [0.15, 0.2) is 11.6 Å². The molecule has 0 aliphatic rings. The van der Waals surface area contributed by atoms with Gasteiger partial charge in [0.25, 0.3) is 0 Å². The number of aromatic amines is 2. The van der Waals surface area contributed by atoms with Gasteiger partial charge >= 0.3 is 5.69 Å². The third-order valence-electron chi connectivity index (χ3n) is 3.12. The summed E-state index contributed by atoms with van der Waals surface area (Å²) in [7, 11) is 0. The number of aliphatic hydroxyl groups is 1. The van der Waals surface area contributed by atoms with Crippen LogP contribution in [0.15, 0.2) is 41.2 Å². The van der Waals surface area contributed by atoms with Gasteiger partial charge < -0.3 is 15.1 Å². The maximum Gasteiger partial charge on any atom is 0.323 e. The standard InChI is InChI=1S/C14H10F2N2O2/c15-9-3-1-7(5-10(9)16)13(19)8-2-4-11-12(6-8)18-14(20)17-11/h1-6,13,19H,(H2,17,18,20). The van der Waals surface area contributed by atoms with E-state index in [1.54, 1.807) is 18.2 Å². The molecule has 20 heavy (non-hydrogen) atoms. The molecule has 0 radical (unpaired) electrons. The highest BCUT2D eigenvalue weighted by Gasteiger charge is 2.14. The Kier molecular flexibility index (Phi) is 2.87. The van der Waals surface area contributed by atoms with Crippen molar-refractivity contribution < 1.29 is 13.9 Å². The molecule has 1 unspecified atom stereocenters. The Morgan fingerprint density at radius 2 is 1.55 bits per heavy atom. The lowest BCUT2D eigenvalue weighted by Crippen LogP contribution is -2.01. The van der Waals surface area contributed by atoms with Crippen LogP contribution in [-0.4, -0.2) is 15.1 Å². The molecule has 102 valence electrons. The average Bonchev–Trinajstić information content (AvgIpc) is 2.80. The number of halogens is 2. The molecule has 3 rings (SSSR count). The lowest BCUT2D eigenvalue weighted by molar-refractivity contribution is 0.219. The quantitative estimate of drug-likeness (QED) is 0.671. The van der Waals surface area contributed by atoms with Crippen molar-refractivity contribution in [3.63, 3.8) is 0 Å². The van der Waals surface area contributed by atoms with E-state index in [-0.39, 0.29) is 11.3 Å². The Morgan fingerprint density at radius 1 is 0.900 bits per heavy atom. The second-order valence-corrected chi connectivity index (χ2v) is 4.46. The molecule has 0 saturated carbocycles. The van der Waals surface area contributed by atoms with Crippen molar-refractivity contribution in [3.8, 4) is 0 Å². The van der Waals surface area contributed by atoms with Crippen LogP contribution < -0.4 is 5.69 Å².